The van der Waals surface area contributed by atoms with Gasteiger partial charge in [-0.25, -0.2) is 8.42 Å². The van der Waals surface area contributed by atoms with Crippen LogP contribution >= 0.6 is 11.6 Å². The predicted molar refractivity (Wildman–Crippen MR) is 120 cm³/mol. The standard InChI is InChI=1S/C20H17ClN4O5S/c1-30-18-9-2-14(3-10-18)13-22-23-19-11-8-17(25(26)27)12-20(19)31(28,29)24-16-6-4-15(21)5-7-16/h2-13,23-24H,1H3. The molecule has 0 spiro atoms. The van der Waals surface area contributed by atoms with E-state index in [2.05, 4.69) is 15.2 Å². The first kappa shape index (κ1) is 22.1. The second kappa shape index (κ2) is 9.45. The number of nitrogens with zero attached hydrogens (tertiary/aromatic N) is 2. The number of nitro benzene ring substituents is 1. The van der Waals surface area contributed by atoms with E-state index >= 15 is 0 Å². The van der Waals surface area contributed by atoms with Crippen LogP contribution in [-0.2, 0) is 10.0 Å². The minimum atomic E-state index is -4.17. The van der Waals surface area contributed by atoms with Crippen LogP contribution in [0.2, 0.25) is 5.02 Å². The maximum atomic E-state index is 12.9. The van der Waals surface area contributed by atoms with Gasteiger partial charge in [-0.2, -0.15) is 5.10 Å². The van der Waals surface area contributed by atoms with Gasteiger partial charge in [0, 0.05) is 22.8 Å². The van der Waals surface area contributed by atoms with Gasteiger partial charge in [-0.05, 0) is 60.2 Å². The SMILES string of the molecule is COc1ccc(C=NNc2ccc([N+](=O)[O-])cc2S(=O)(=O)Nc2ccc(Cl)cc2)cc1. The molecule has 0 saturated heterocycles. The van der Waals surface area contributed by atoms with Crippen molar-refractivity contribution in [2.45, 2.75) is 4.90 Å². The number of benzene rings is 3. The molecule has 0 bridgehead atoms. The van der Waals surface area contributed by atoms with Gasteiger partial charge in [0.25, 0.3) is 15.7 Å². The first-order chi connectivity index (χ1) is 14.8. The molecular formula is C20H17ClN4O5S. The Hall–Kier alpha value is -3.63. The van der Waals surface area contributed by atoms with E-state index in [0.717, 1.165) is 11.6 Å². The Morgan fingerprint density at radius 3 is 2.35 bits per heavy atom. The minimum Gasteiger partial charge on any atom is -0.497 e. The molecule has 0 aromatic heterocycles. The van der Waals surface area contributed by atoms with E-state index in [4.69, 9.17) is 16.3 Å². The summed E-state index contributed by atoms with van der Waals surface area (Å²) in [5.74, 6) is 0.683. The van der Waals surface area contributed by atoms with E-state index in [1.807, 2.05) is 0 Å². The molecule has 3 aromatic rings. The number of non-ortho nitro benzene ring substituents is 1. The van der Waals surface area contributed by atoms with Crippen LogP contribution in [0, 0.1) is 10.1 Å². The Labute approximate surface area is 183 Å². The van der Waals surface area contributed by atoms with Gasteiger partial charge in [-0.3, -0.25) is 20.3 Å². The van der Waals surface area contributed by atoms with Crippen molar-refractivity contribution in [1.82, 2.24) is 0 Å². The summed E-state index contributed by atoms with van der Waals surface area (Å²) in [5, 5.41) is 15.6. The average molecular weight is 461 g/mol. The Balaban J connectivity index is 1.90. The molecule has 3 rings (SSSR count). The molecule has 0 aliphatic heterocycles. The molecule has 2 N–H and O–H groups in total. The minimum absolute atomic E-state index is 0.0665. The maximum Gasteiger partial charge on any atom is 0.270 e. The quantitative estimate of drug-likeness (QED) is 0.290. The molecule has 0 aliphatic carbocycles. The van der Waals surface area contributed by atoms with Crippen LogP contribution < -0.4 is 14.9 Å². The highest BCUT2D eigenvalue weighted by Gasteiger charge is 2.22. The van der Waals surface area contributed by atoms with Crippen LogP contribution in [0.3, 0.4) is 0 Å². The van der Waals surface area contributed by atoms with Gasteiger partial charge < -0.3 is 4.74 Å². The van der Waals surface area contributed by atoms with Crippen molar-refractivity contribution in [1.29, 1.82) is 0 Å². The number of hydrazone groups is 1. The summed E-state index contributed by atoms with van der Waals surface area (Å²) >= 11 is 5.82. The lowest BCUT2D eigenvalue weighted by Crippen LogP contribution is -2.15. The molecule has 3 aromatic carbocycles. The number of methoxy groups -OCH3 is 1. The first-order valence-corrected chi connectivity index (χ1v) is 10.6. The normalized spacial score (nSPS) is 11.3. The van der Waals surface area contributed by atoms with Crippen molar-refractivity contribution in [3.05, 3.63) is 87.4 Å². The average Bonchev–Trinajstić information content (AvgIpc) is 2.75. The molecule has 0 amide bonds. The number of hydrogen-bond donors (Lipinski definition) is 2. The number of anilines is 2. The zero-order valence-corrected chi connectivity index (χ0v) is 17.7. The molecule has 0 atom stereocenters. The molecule has 11 heteroatoms. The maximum absolute atomic E-state index is 12.9. The van der Waals surface area contributed by atoms with Crippen LogP contribution in [0.5, 0.6) is 5.75 Å². The van der Waals surface area contributed by atoms with Gasteiger partial charge >= 0.3 is 0 Å². The third-order valence-corrected chi connectivity index (χ3v) is 5.75. The smallest absolute Gasteiger partial charge is 0.270 e. The molecule has 0 radical (unpaired) electrons. The predicted octanol–water partition coefficient (Wildman–Crippen LogP) is 4.50. The van der Waals surface area contributed by atoms with Crippen molar-refractivity contribution in [2.24, 2.45) is 5.10 Å². The fourth-order valence-corrected chi connectivity index (χ4v) is 3.90. The topological polar surface area (TPSA) is 123 Å². The molecular weight excluding hydrogens is 444 g/mol. The highest BCUT2D eigenvalue weighted by atomic mass is 35.5. The van der Waals surface area contributed by atoms with Crippen molar-refractivity contribution < 1.29 is 18.1 Å². The highest BCUT2D eigenvalue weighted by Crippen LogP contribution is 2.28. The molecule has 31 heavy (non-hydrogen) atoms. The van der Waals surface area contributed by atoms with Crippen LogP contribution in [0.1, 0.15) is 5.56 Å². The summed E-state index contributed by atoms with van der Waals surface area (Å²) in [6.45, 7) is 0. The van der Waals surface area contributed by atoms with Gasteiger partial charge in [-0.1, -0.05) is 11.6 Å². The summed E-state index contributed by atoms with van der Waals surface area (Å²) in [4.78, 5) is 10.1. The second-order valence-corrected chi connectivity index (χ2v) is 8.28. The summed E-state index contributed by atoms with van der Waals surface area (Å²) in [6.07, 6.45) is 1.48. The fraction of sp³-hybridized carbons (Fsp3) is 0.0500. The number of nitro groups is 1. The molecule has 160 valence electrons. The monoisotopic (exact) mass is 460 g/mol. The van der Waals surface area contributed by atoms with E-state index in [1.165, 1.54) is 42.6 Å². The van der Waals surface area contributed by atoms with Gasteiger partial charge in [0.05, 0.1) is 23.9 Å². The molecule has 0 fully saturated rings. The Bertz CT molecular complexity index is 1210. The number of halogens is 1. The number of hydrogen-bond acceptors (Lipinski definition) is 7. The van der Waals surface area contributed by atoms with Gasteiger partial charge in [0.1, 0.15) is 10.6 Å². The number of sulfonamides is 1. The van der Waals surface area contributed by atoms with Crippen molar-refractivity contribution in [2.75, 3.05) is 17.3 Å². The van der Waals surface area contributed by atoms with Crippen LogP contribution in [-0.4, -0.2) is 26.7 Å². The van der Waals surface area contributed by atoms with Gasteiger partial charge in [0.2, 0.25) is 0 Å². The number of nitrogens with one attached hydrogen (secondary N) is 2. The zero-order valence-electron chi connectivity index (χ0n) is 16.2. The molecule has 0 saturated carbocycles. The Kier molecular flexibility index (Phi) is 6.73. The number of rotatable bonds is 8. The summed E-state index contributed by atoms with van der Waals surface area (Å²) in [7, 11) is -2.61. The van der Waals surface area contributed by atoms with Crippen LogP contribution in [0.15, 0.2) is 76.7 Å². The lowest BCUT2D eigenvalue weighted by Gasteiger charge is -2.12. The highest BCUT2D eigenvalue weighted by molar-refractivity contribution is 7.92. The van der Waals surface area contributed by atoms with Crippen molar-refractivity contribution in [3.8, 4) is 5.75 Å². The van der Waals surface area contributed by atoms with E-state index in [9.17, 15) is 18.5 Å². The van der Waals surface area contributed by atoms with E-state index in [0.29, 0.717) is 10.8 Å². The number of ether oxygens (including phenoxy) is 1. The molecule has 0 heterocycles. The van der Waals surface area contributed by atoms with Crippen LogP contribution in [0.4, 0.5) is 17.1 Å². The van der Waals surface area contributed by atoms with E-state index in [-0.39, 0.29) is 22.0 Å². The van der Waals surface area contributed by atoms with Crippen LogP contribution in [0.25, 0.3) is 0 Å². The largest absolute Gasteiger partial charge is 0.497 e. The van der Waals surface area contributed by atoms with Crippen molar-refractivity contribution in [3.63, 3.8) is 0 Å². The summed E-state index contributed by atoms with van der Waals surface area (Å²) < 4.78 is 33.3. The van der Waals surface area contributed by atoms with Crippen molar-refractivity contribution >= 4 is 44.9 Å². The second-order valence-electron chi connectivity index (χ2n) is 6.19. The summed E-state index contributed by atoms with van der Waals surface area (Å²) in [5.41, 5.74) is 3.31. The summed E-state index contributed by atoms with van der Waals surface area (Å²) in [6, 6.07) is 16.4. The fourth-order valence-electron chi connectivity index (χ4n) is 2.53. The third kappa shape index (κ3) is 5.71. The van der Waals surface area contributed by atoms with E-state index in [1.54, 1.807) is 31.4 Å². The lowest BCUT2D eigenvalue weighted by atomic mass is 10.2. The zero-order chi connectivity index (χ0) is 22.4. The molecule has 9 nitrogen and oxygen atoms in total. The van der Waals surface area contributed by atoms with Gasteiger partial charge in [-0.15, -0.1) is 0 Å². The molecule has 0 aliphatic rings. The Morgan fingerprint density at radius 1 is 1.06 bits per heavy atom. The van der Waals surface area contributed by atoms with Gasteiger partial charge in [0.15, 0.2) is 0 Å². The molecule has 0 unspecified atom stereocenters. The van der Waals surface area contributed by atoms with E-state index < -0.39 is 14.9 Å². The lowest BCUT2D eigenvalue weighted by molar-refractivity contribution is -0.385. The third-order valence-electron chi connectivity index (χ3n) is 4.08. The first-order valence-electron chi connectivity index (χ1n) is 8.78. The Morgan fingerprint density at radius 2 is 1.74 bits per heavy atom.